The number of rotatable bonds is 7. The first kappa shape index (κ1) is 13.9. The van der Waals surface area contributed by atoms with Gasteiger partial charge >= 0.3 is 0 Å². The third-order valence-corrected chi connectivity index (χ3v) is 2.88. The van der Waals surface area contributed by atoms with E-state index in [1.807, 2.05) is 31.2 Å². The molecule has 0 aromatic heterocycles. The molecule has 0 aliphatic carbocycles. The van der Waals surface area contributed by atoms with Crippen LogP contribution in [-0.2, 0) is 11.2 Å². The minimum absolute atomic E-state index is 0.0654. The fourth-order valence-electron chi connectivity index (χ4n) is 1.72. The van der Waals surface area contributed by atoms with Gasteiger partial charge in [-0.05, 0) is 25.3 Å². The second kappa shape index (κ2) is 7.23. The van der Waals surface area contributed by atoms with Crippen molar-refractivity contribution in [2.75, 3.05) is 6.61 Å². The Bertz CT molecular complexity index is 340. The predicted octanol–water partition coefficient (Wildman–Crippen LogP) is 3.64. The minimum Gasteiger partial charge on any atom is -0.370 e. The largest absolute Gasteiger partial charge is 0.370 e. The average Bonchev–Trinajstić information content (AvgIpc) is 2.36. The summed E-state index contributed by atoms with van der Waals surface area (Å²) in [6, 6.07) is 7.77. The molecule has 1 aromatic carbocycles. The molecule has 1 atom stereocenters. The van der Waals surface area contributed by atoms with Crippen LogP contribution in [0.2, 0.25) is 0 Å². The Labute approximate surface area is 104 Å². The van der Waals surface area contributed by atoms with Crippen molar-refractivity contribution in [3.63, 3.8) is 0 Å². The molecule has 1 unspecified atom stereocenters. The smallest absolute Gasteiger partial charge is 0.188 e. The molecule has 0 amide bonds. The lowest BCUT2D eigenvalue weighted by Crippen LogP contribution is -2.15. The highest BCUT2D eigenvalue weighted by atomic mass is 16.5. The van der Waals surface area contributed by atoms with E-state index in [9.17, 15) is 4.79 Å². The standard InChI is InChI=1S/C15H22O2/c1-4-6-12(3)17-11-15(16)14-9-7-13(5-2)8-10-14/h7-10,12H,4-6,11H2,1-3H3. The molecule has 0 saturated carbocycles. The van der Waals surface area contributed by atoms with Gasteiger partial charge < -0.3 is 4.74 Å². The molecule has 0 spiro atoms. The first-order valence-corrected chi connectivity index (χ1v) is 6.41. The van der Waals surface area contributed by atoms with Crippen molar-refractivity contribution in [2.45, 2.75) is 46.1 Å². The summed E-state index contributed by atoms with van der Waals surface area (Å²) in [6.45, 7) is 6.42. The van der Waals surface area contributed by atoms with Crippen LogP contribution in [0.1, 0.15) is 49.5 Å². The highest BCUT2D eigenvalue weighted by Crippen LogP contribution is 2.07. The molecule has 0 bridgehead atoms. The summed E-state index contributed by atoms with van der Waals surface area (Å²) in [5.74, 6) is 0.0654. The first-order valence-electron chi connectivity index (χ1n) is 6.41. The third kappa shape index (κ3) is 4.70. The molecule has 0 N–H and O–H groups in total. The summed E-state index contributed by atoms with van der Waals surface area (Å²) in [6.07, 6.45) is 3.25. The van der Waals surface area contributed by atoms with Crippen molar-refractivity contribution >= 4 is 5.78 Å². The van der Waals surface area contributed by atoms with Gasteiger partial charge in [0.05, 0.1) is 6.10 Å². The van der Waals surface area contributed by atoms with Gasteiger partial charge in [-0.25, -0.2) is 0 Å². The number of hydrogen-bond donors (Lipinski definition) is 0. The van der Waals surface area contributed by atoms with Gasteiger partial charge in [-0.1, -0.05) is 44.5 Å². The van der Waals surface area contributed by atoms with Gasteiger partial charge in [0.2, 0.25) is 0 Å². The molecule has 0 heterocycles. The molecule has 0 saturated heterocycles. The van der Waals surface area contributed by atoms with Crippen LogP contribution in [0.15, 0.2) is 24.3 Å². The molecule has 0 aliphatic rings. The lowest BCUT2D eigenvalue weighted by Gasteiger charge is -2.11. The molecule has 0 fully saturated rings. The number of ether oxygens (including phenoxy) is 1. The van der Waals surface area contributed by atoms with Gasteiger partial charge in [-0.3, -0.25) is 4.79 Å². The topological polar surface area (TPSA) is 26.3 Å². The van der Waals surface area contributed by atoms with Gasteiger partial charge in [0.1, 0.15) is 6.61 Å². The molecular formula is C15H22O2. The van der Waals surface area contributed by atoms with Crippen molar-refractivity contribution < 1.29 is 9.53 Å². The van der Waals surface area contributed by atoms with Crippen LogP contribution in [0.4, 0.5) is 0 Å². The monoisotopic (exact) mass is 234 g/mol. The number of aryl methyl sites for hydroxylation is 1. The van der Waals surface area contributed by atoms with E-state index in [1.165, 1.54) is 5.56 Å². The Balaban J connectivity index is 2.46. The van der Waals surface area contributed by atoms with Crippen LogP contribution >= 0.6 is 0 Å². The number of Topliss-reactive ketones (excluding diaryl/α,β-unsaturated/α-hetero) is 1. The summed E-state index contributed by atoms with van der Waals surface area (Å²) in [7, 11) is 0. The van der Waals surface area contributed by atoms with Crippen LogP contribution in [0.5, 0.6) is 0 Å². The molecule has 1 aromatic rings. The van der Waals surface area contributed by atoms with E-state index in [-0.39, 0.29) is 18.5 Å². The lowest BCUT2D eigenvalue weighted by molar-refractivity contribution is 0.0490. The maximum atomic E-state index is 11.8. The molecule has 0 aliphatic heterocycles. The van der Waals surface area contributed by atoms with Crippen LogP contribution in [0.3, 0.4) is 0 Å². The van der Waals surface area contributed by atoms with Crippen LogP contribution in [-0.4, -0.2) is 18.5 Å². The minimum atomic E-state index is 0.0654. The zero-order chi connectivity index (χ0) is 12.7. The molecule has 0 radical (unpaired) electrons. The fraction of sp³-hybridized carbons (Fsp3) is 0.533. The van der Waals surface area contributed by atoms with E-state index in [0.717, 1.165) is 24.8 Å². The van der Waals surface area contributed by atoms with Crippen molar-refractivity contribution in [3.8, 4) is 0 Å². The van der Waals surface area contributed by atoms with E-state index < -0.39 is 0 Å². The van der Waals surface area contributed by atoms with Crippen molar-refractivity contribution in [3.05, 3.63) is 35.4 Å². The van der Waals surface area contributed by atoms with E-state index >= 15 is 0 Å². The highest BCUT2D eigenvalue weighted by Gasteiger charge is 2.08. The Kier molecular flexibility index (Phi) is 5.92. The van der Waals surface area contributed by atoms with Gasteiger partial charge in [0.15, 0.2) is 5.78 Å². The van der Waals surface area contributed by atoms with Crippen molar-refractivity contribution in [2.24, 2.45) is 0 Å². The fourth-order valence-corrected chi connectivity index (χ4v) is 1.72. The maximum Gasteiger partial charge on any atom is 0.188 e. The number of benzene rings is 1. The van der Waals surface area contributed by atoms with E-state index in [4.69, 9.17) is 4.74 Å². The van der Waals surface area contributed by atoms with E-state index in [0.29, 0.717) is 0 Å². The van der Waals surface area contributed by atoms with Crippen LogP contribution in [0.25, 0.3) is 0 Å². The summed E-state index contributed by atoms with van der Waals surface area (Å²) in [4.78, 5) is 11.8. The van der Waals surface area contributed by atoms with E-state index in [1.54, 1.807) is 0 Å². The summed E-state index contributed by atoms with van der Waals surface area (Å²) >= 11 is 0. The third-order valence-electron chi connectivity index (χ3n) is 2.88. The molecule has 2 nitrogen and oxygen atoms in total. The SMILES string of the molecule is CCCC(C)OCC(=O)c1ccc(CC)cc1. The highest BCUT2D eigenvalue weighted by molar-refractivity contribution is 5.97. The summed E-state index contributed by atoms with van der Waals surface area (Å²) in [5, 5.41) is 0. The van der Waals surface area contributed by atoms with Gasteiger partial charge in [-0.2, -0.15) is 0 Å². The first-order chi connectivity index (χ1) is 8.17. The van der Waals surface area contributed by atoms with Gasteiger partial charge in [0.25, 0.3) is 0 Å². The zero-order valence-corrected chi connectivity index (χ0v) is 11.0. The molecule has 2 heteroatoms. The van der Waals surface area contributed by atoms with Crippen molar-refractivity contribution in [1.29, 1.82) is 0 Å². The van der Waals surface area contributed by atoms with E-state index in [2.05, 4.69) is 13.8 Å². The Morgan fingerprint density at radius 3 is 2.41 bits per heavy atom. The number of hydrogen-bond acceptors (Lipinski definition) is 2. The van der Waals surface area contributed by atoms with Crippen LogP contribution < -0.4 is 0 Å². The molecule has 17 heavy (non-hydrogen) atoms. The van der Waals surface area contributed by atoms with Crippen molar-refractivity contribution in [1.82, 2.24) is 0 Å². The Morgan fingerprint density at radius 2 is 1.88 bits per heavy atom. The quantitative estimate of drug-likeness (QED) is 0.673. The molecule has 94 valence electrons. The summed E-state index contributed by atoms with van der Waals surface area (Å²) < 4.78 is 5.51. The molecule has 1 rings (SSSR count). The van der Waals surface area contributed by atoms with Gasteiger partial charge in [-0.15, -0.1) is 0 Å². The Morgan fingerprint density at radius 1 is 1.24 bits per heavy atom. The average molecular weight is 234 g/mol. The molecular weight excluding hydrogens is 212 g/mol. The maximum absolute atomic E-state index is 11.8. The van der Waals surface area contributed by atoms with Crippen LogP contribution in [0, 0.1) is 0 Å². The second-order valence-electron chi connectivity index (χ2n) is 4.38. The van der Waals surface area contributed by atoms with Gasteiger partial charge in [0, 0.05) is 5.56 Å². The Hall–Kier alpha value is -1.15. The number of carbonyl (C=O) groups is 1. The zero-order valence-electron chi connectivity index (χ0n) is 11.0. The normalized spacial score (nSPS) is 12.4. The second-order valence-corrected chi connectivity index (χ2v) is 4.38. The predicted molar refractivity (Wildman–Crippen MR) is 70.5 cm³/mol. The number of carbonyl (C=O) groups excluding carboxylic acids is 1. The number of ketones is 1. The summed E-state index contributed by atoms with van der Waals surface area (Å²) in [5.41, 5.74) is 1.99. The lowest BCUT2D eigenvalue weighted by atomic mass is 10.1.